The Morgan fingerprint density at radius 3 is 2.62 bits per heavy atom. The van der Waals surface area contributed by atoms with Gasteiger partial charge >= 0.3 is 6.09 Å². The first-order valence-electron chi connectivity index (χ1n) is 3.90. The van der Waals surface area contributed by atoms with Crippen LogP contribution in [0.25, 0.3) is 10.4 Å². The van der Waals surface area contributed by atoms with E-state index in [1.54, 1.807) is 22.6 Å². The van der Waals surface area contributed by atoms with Gasteiger partial charge in [-0.25, -0.2) is 4.79 Å². The van der Waals surface area contributed by atoms with Gasteiger partial charge in [-0.1, -0.05) is 27.7 Å². The molecule has 0 bridgehead atoms. The molecule has 0 atom stereocenters. The van der Waals surface area contributed by atoms with Gasteiger partial charge in [0.2, 0.25) is 11.8 Å². The highest BCUT2D eigenvalue weighted by Gasteiger charge is 2.08. The number of azide groups is 1. The largest absolute Gasteiger partial charge is 0.443 e. The Bertz CT molecular complexity index is 327. The highest BCUT2D eigenvalue weighted by atomic mass is 127. The number of carbonyl (C=O) groups excluding carboxylic acids is 3. The van der Waals surface area contributed by atoms with Crippen LogP contribution in [-0.4, -0.2) is 35.6 Å². The maximum Gasteiger partial charge on any atom is 0.407 e. The molecule has 0 heterocycles. The number of alkyl carbamates (subject to hydrolysis) is 1. The first-order chi connectivity index (χ1) is 7.60. The normalized spacial score (nSPS) is 8.56. The highest BCUT2D eigenvalue weighted by Crippen LogP contribution is 1.81. The molecule has 0 aromatic heterocycles. The molecule has 0 fully saturated rings. The first-order valence-corrected chi connectivity index (χ1v) is 5.42. The summed E-state index contributed by atoms with van der Waals surface area (Å²) in [6.07, 6.45) is -0.913. The van der Waals surface area contributed by atoms with E-state index >= 15 is 0 Å². The smallest absolute Gasteiger partial charge is 0.407 e. The standard InChI is InChI=1S/C6H8IN5O4/c7-1-4(13)11-5(14)2-9-6(15)16-3-10-12-8/h1-3H2,(H,9,15)(H,11,13,14). The number of carbonyl (C=O) groups is 3. The van der Waals surface area contributed by atoms with Gasteiger partial charge in [-0.05, 0) is 5.53 Å². The van der Waals surface area contributed by atoms with Crippen molar-refractivity contribution in [3.8, 4) is 0 Å². The van der Waals surface area contributed by atoms with Gasteiger partial charge in [0, 0.05) is 4.91 Å². The number of nitrogens with one attached hydrogen (secondary N) is 2. The molecule has 0 unspecified atom stereocenters. The predicted octanol–water partition coefficient (Wildman–Crippen LogP) is 0.0582. The Morgan fingerprint density at radius 1 is 1.38 bits per heavy atom. The van der Waals surface area contributed by atoms with Crippen molar-refractivity contribution in [1.29, 1.82) is 0 Å². The van der Waals surface area contributed by atoms with E-state index in [4.69, 9.17) is 5.53 Å². The SMILES string of the molecule is [N-]=[N+]=NCOC(=O)NCC(=O)NC(=O)CI. The van der Waals surface area contributed by atoms with Gasteiger partial charge in [0.15, 0.2) is 6.73 Å². The summed E-state index contributed by atoms with van der Waals surface area (Å²) in [6.45, 7) is -0.853. The molecular formula is C6H8IN5O4. The van der Waals surface area contributed by atoms with Crippen LogP contribution in [0.15, 0.2) is 5.11 Å². The Labute approximate surface area is 104 Å². The van der Waals surface area contributed by atoms with E-state index in [1.807, 2.05) is 5.32 Å². The first kappa shape index (κ1) is 14.5. The van der Waals surface area contributed by atoms with Crippen LogP contribution < -0.4 is 10.6 Å². The summed E-state index contributed by atoms with van der Waals surface area (Å²) in [4.78, 5) is 34.8. The molecule has 0 saturated carbocycles. The van der Waals surface area contributed by atoms with Gasteiger partial charge in [0.1, 0.15) is 6.54 Å². The average Bonchev–Trinajstić information content (AvgIpc) is 2.26. The van der Waals surface area contributed by atoms with Crippen LogP contribution in [0, 0.1) is 0 Å². The number of imide groups is 1. The predicted molar refractivity (Wildman–Crippen MR) is 60.5 cm³/mol. The quantitative estimate of drug-likeness (QED) is 0.240. The molecule has 0 spiro atoms. The lowest BCUT2D eigenvalue weighted by Gasteiger charge is -2.04. The summed E-state index contributed by atoms with van der Waals surface area (Å²) < 4.78 is 4.47. The summed E-state index contributed by atoms with van der Waals surface area (Å²) in [5.74, 6) is -1.10. The minimum Gasteiger partial charge on any atom is -0.443 e. The van der Waals surface area contributed by atoms with E-state index < -0.39 is 31.2 Å². The Balaban J connectivity index is 3.70. The molecule has 0 aliphatic carbocycles. The van der Waals surface area contributed by atoms with E-state index in [9.17, 15) is 14.4 Å². The van der Waals surface area contributed by atoms with Crippen molar-refractivity contribution in [3.63, 3.8) is 0 Å². The zero-order valence-corrected chi connectivity index (χ0v) is 10.1. The molecule has 0 aromatic rings. The zero-order chi connectivity index (χ0) is 12.4. The van der Waals surface area contributed by atoms with Crippen molar-refractivity contribution >= 4 is 40.5 Å². The second-order valence-electron chi connectivity index (χ2n) is 2.25. The van der Waals surface area contributed by atoms with Crippen LogP contribution >= 0.6 is 22.6 Å². The number of hydrogen-bond donors (Lipinski definition) is 2. The molecule has 0 saturated heterocycles. The maximum atomic E-state index is 11.0. The minimum atomic E-state index is -0.913. The zero-order valence-electron chi connectivity index (χ0n) is 7.97. The molecule has 0 aliphatic rings. The summed E-state index contributed by atoms with van der Waals surface area (Å²) in [7, 11) is 0. The molecule has 0 rings (SSSR count). The molecule has 9 nitrogen and oxygen atoms in total. The Kier molecular flexibility index (Phi) is 7.89. The molecule has 2 N–H and O–H groups in total. The number of hydrogen-bond acceptors (Lipinski definition) is 5. The lowest BCUT2D eigenvalue weighted by molar-refractivity contribution is -0.128. The van der Waals surface area contributed by atoms with Crippen LogP contribution in [0.1, 0.15) is 0 Å². The highest BCUT2D eigenvalue weighted by molar-refractivity contribution is 14.1. The van der Waals surface area contributed by atoms with Crippen molar-refractivity contribution in [2.75, 3.05) is 17.7 Å². The fourth-order valence-electron chi connectivity index (χ4n) is 0.550. The second kappa shape index (κ2) is 8.73. The van der Waals surface area contributed by atoms with Gasteiger partial charge in [-0.3, -0.25) is 14.9 Å². The number of halogens is 1. The molecule has 88 valence electrons. The van der Waals surface area contributed by atoms with Crippen LogP contribution in [0.3, 0.4) is 0 Å². The minimum absolute atomic E-state index is 0.144. The van der Waals surface area contributed by atoms with Gasteiger partial charge in [0.25, 0.3) is 0 Å². The fourth-order valence-corrected chi connectivity index (χ4v) is 0.741. The summed E-state index contributed by atoms with van der Waals surface area (Å²) in [6, 6.07) is 0. The van der Waals surface area contributed by atoms with Crippen molar-refractivity contribution in [3.05, 3.63) is 10.4 Å². The molecule has 3 amide bonds. The molecule has 0 aliphatic heterocycles. The lowest BCUT2D eigenvalue weighted by atomic mass is 10.5. The van der Waals surface area contributed by atoms with Gasteiger partial charge in [0.05, 0.1) is 4.43 Å². The monoisotopic (exact) mass is 341 g/mol. The van der Waals surface area contributed by atoms with E-state index in [0.717, 1.165) is 0 Å². The van der Waals surface area contributed by atoms with Crippen LogP contribution in [0.4, 0.5) is 4.79 Å². The number of nitrogens with zero attached hydrogens (tertiary/aromatic N) is 3. The molecule has 0 aromatic carbocycles. The number of rotatable bonds is 5. The van der Waals surface area contributed by atoms with Crippen LogP contribution in [-0.2, 0) is 14.3 Å². The molecule has 10 heteroatoms. The summed E-state index contributed by atoms with van der Waals surface area (Å²) >= 11 is 1.79. The van der Waals surface area contributed by atoms with Gasteiger partial charge in [-0.15, -0.1) is 0 Å². The third-order valence-electron chi connectivity index (χ3n) is 1.11. The summed E-state index contributed by atoms with van der Waals surface area (Å²) in [5.41, 5.74) is 7.87. The van der Waals surface area contributed by atoms with Gasteiger partial charge in [-0.2, -0.15) is 0 Å². The van der Waals surface area contributed by atoms with Crippen molar-refractivity contribution in [2.45, 2.75) is 0 Å². The van der Waals surface area contributed by atoms with Crippen molar-refractivity contribution in [1.82, 2.24) is 10.6 Å². The average molecular weight is 341 g/mol. The number of alkyl halides is 1. The van der Waals surface area contributed by atoms with E-state index in [-0.39, 0.29) is 4.43 Å². The van der Waals surface area contributed by atoms with E-state index in [0.29, 0.717) is 0 Å². The lowest BCUT2D eigenvalue weighted by Crippen LogP contribution is -2.40. The number of amides is 3. The number of ether oxygens (including phenoxy) is 1. The van der Waals surface area contributed by atoms with Crippen LogP contribution in [0.2, 0.25) is 0 Å². The Morgan fingerprint density at radius 2 is 2.06 bits per heavy atom. The third kappa shape index (κ3) is 7.82. The molecule has 0 radical (unpaired) electrons. The maximum absolute atomic E-state index is 11.0. The topological polar surface area (TPSA) is 133 Å². The van der Waals surface area contributed by atoms with E-state index in [2.05, 4.69) is 20.1 Å². The Hall–Kier alpha value is -1.55. The van der Waals surface area contributed by atoms with Crippen LogP contribution in [0.5, 0.6) is 0 Å². The molecule has 16 heavy (non-hydrogen) atoms. The fraction of sp³-hybridized carbons (Fsp3) is 0.500. The van der Waals surface area contributed by atoms with Crippen molar-refractivity contribution < 1.29 is 19.1 Å². The second-order valence-corrected chi connectivity index (χ2v) is 3.01. The van der Waals surface area contributed by atoms with E-state index in [1.165, 1.54) is 0 Å². The third-order valence-corrected chi connectivity index (χ3v) is 1.80. The molecular weight excluding hydrogens is 333 g/mol. The van der Waals surface area contributed by atoms with Crippen molar-refractivity contribution in [2.24, 2.45) is 5.11 Å². The summed E-state index contributed by atoms with van der Waals surface area (Å²) in [5, 5.41) is 7.02. The van der Waals surface area contributed by atoms with Gasteiger partial charge < -0.3 is 10.1 Å².